The topological polar surface area (TPSA) is 31.2 Å². The SMILES string of the molecule is c1ccc(-c2c3ccccc3c(-c3ccccc3)c3cc(-c4cccc(-n5c6cc(-c7cccc8c7oc7ccccc78)ccc6c6ccc(-c7cccc8c7oc7ccccc78)cc65)c4)ccc23)cc1. The molecule has 0 saturated carbocycles. The van der Waals surface area contributed by atoms with Crippen molar-refractivity contribution < 1.29 is 8.83 Å². The Morgan fingerprint density at radius 2 is 0.648 bits per heavy atom. The highest BCUT2D eigenvalue weighted by atomic mass is 16.3. The zero-order valence-corrected chi connectivity index (χ0v) is 38.4. The van der Waals surface area contributed by atoms with Crippen LogP contribution in [-0.2, 0) is 0 Å². The molecule has 330 valence electrons. The van der Waals surface area contributed by atoms with Crippen molar-refractivity contribution in [3.8, 4) is 61.3 Å². The van der Waals surface area contributed by atoms with E-state index < -0.39 is 0 Å². The summed E-state index contributed by atoms with van der Waals surface area (Å²) in [6, 6.07) is 90.1. The largest absolute Gasteiger partial charge is 0.455 e. The van der Waals surface area contributed by atoms with Gasteiger partial charge in [-0.3, -0.25) is 0 Å². The molecule has 0 spiro atoms. The maximum atomic E-state index is 6.62. The van der Waals surface area contributed by atoms with Gasteiger partial charge in [-0.05, 0) is 109 Å². The van der Waals surface area contributed by atoms with E-state index in [1.807, 2.05) is 12.1 Å². The first-order chi connectivity index (χ1) is 35.2. The monoisotopic (exact) mass is 903 g/mol. The zero-order valence-electron chi connectivity index (χ0n) is 38.4. The summed E-state index contributed by atoms with van der Waals surface area (Å²) in [5.41, 5.74) is 18.4. The van der Waals surface area contributed by atoms with Crippen molar-refractivity contribution in [3.63, 3.8) is 0 Å². The van der Waals surface area contributed by atoms with Crippen LogP contribution in [0.25, 0.3) is 149 Å². The van der Waals surface area contributed by atoms with Crippen LogP contribution in [0.1, 0.15) is 0 Å². The van der Waals surface area contributed by atoms with Crippen molar-refractivity contribution in [1.29, 1.82) is 0 Å². The van der Waals surface area contributed by atoms with E-state index in [0.717, 1.165) is 94.0 Å². The predicted molar refractivity (Wildman–Crippen MR) is 298 cm³/mol. The summed E-state index contributed by atoms with van der Waals surface area (Å²) in [5, 5.41) is 11.8. The molecule has 0 radical (unpaired) electrons. The van der Waals surface area contributed by atoms with Crippen LogP contribution >= 0.6 is 0 Å². The maximum absolute atomic E-state index is 6.62. The molecule has 0 aliphatic heterocycles. The Labute approximate surface area is 408 Å². The lowest BCUT2D eigenvalue weighted by Gasteiger charge is -2.19. The summed E-state index contributed by atoms with van der Waals surface area (Å²) in [6.07, 6.45) is 0. The number of para-hydroxylation sites is 4. The molecule has 12 aromatic carbocycles. The van der Waals surface area contributed by atoms with Crippen LogP contribution in [0.4, 0.5) is 0 Å². The quantitative estimate of drug-likeness (QED) is 0.156. The summed E-state index contributed by atoms with van der Waals surface area (Å²) < 4.78 is 15.7. The first-order valence-corrected chi connectivity index (χ1v) is 24.3. The third-order valence-corrected chi connectivity index (χ3v) is 14.8. The molecule has 3 nitrogen and oxygen atoms in total. The number of furan rings is 2. The fourth-order valence-electron chi connectivity index (χ4n) is 11.6. The normalized spacial score (nSPS) is 11.9. The summed E-state index contributed by atoms with van der Waals surface area (Å²) in [5.74, 6) is 0. The summed E-state index contributed by atoms with van der Waals surface area (Å²) in [7, 11) is 0. The van der Waals surface area contributed by atoms with Gasteiger partial charge >= 0.3 is 0 Å². The van der Waals surface area contributed by atoms with Gasteiger partial charge in [0.25, 0.3) is 0 Å². The molecule has 0 unspecified atom stereocenters. The third-order valence-electron chi connectivity index (χ3n) is 14.8. The Balaban J connectivity index is 0.971. The number of hydrogen-bond donors (Lipinski definition) is 0. The van der Waals surface area contributed by atoms with E-state index in [-0.39, 0.29) is 0 Å². The number of hydrogen-bond acceptors (Lipinski definition) is 2. The Bertz CT molecular complexity index is 4460. The number of rotatable bonds is 6. The molecule has 0 aliphatic rings. The molecule has 0 bridgehead atoms. The van der Waals surface area contributed by atoms with Crippen molar-refractivity contribution in [2.75, 3.05) is 0 Å². The van der Waals surface area contributed by atoms with E-state index in [1.54, 1.807) is 0 Å². The molecule has 15 aromatic rings. The molecule has 0 aliphatic carbocycles. The van der Waals surface area contributed by atoms with E-state index >= 15 is 0 Å². The van der Waals surface area contributed by atoms with Gasteiger partial charge < -0.3 is 13.4 Å². The van der Waals surface area contributed by atoms with Crippen molar-refractivity contribution in [1.82, 2.24) is 4.57 Å². The van der Waals surface area contributed by atoms with Crippen LogP contribution in [-0.4, -0.2) is 4.57 Å². The van der Waals surface area contributed by atoms with Gasteiger partial charge in [0, 0.05) is 49.1 Å². The van der Waals surface area contributed by atoms with Gasteiger partial charge in [0.1, 0.15) is 22.3 Å². The second-order valence-corrected chi connectivity index (χ2v) is 18.7. The van der Waals surface area contributed by atoms with Crippen LogP contribution in [0.2, 0.25) is 0 Å². The zero-order chi connectivity index (χ0) is 46.6. The molecular weight excluding hydrogens is 863 g/mol. The van der Waals surface area contributed by atoms with Crippen molar-refractivity contribution in [3.05, 3.63) is 249 Å². The molecule has 3 aromatic heterocycles. The summed E-state index contributed by atoms with van der Waals surface area (Å²) in [6.45, 7) is 0. The Morgan fingerprint density at radius 1 is 0.239 bits per heavy atom. The van der Waals surface area contributed by atoms with Gasteiger partial charge in [-0.2, -0.15) is 0 Å². The summed E-state index contributed by atoms with van der Waals surface area (Å²) in [4.78, 5) is 0. The lowest BCUT2D eigenvalue weighted by molar-refractivity contribution is 0.669. The maximum Gasteiger partial charge on any atom is 0.143 e. The second-order valence-electron chi connectivity index (χ2n) is 18.7. The van der Waals surface area contributed by atoms with Crippen molar-refractivity contribution >= 4 is 87.2 Å². The minimum atomic E-state index is 0.892. The molecule has 0 saturated heterocycles. The average molecular weight is 904 g/mol. The molecule has 3 heteroatoms. The van der Waals surface area contributed by atoms with Gasteiger partial charge in [0.15, 0.2) is 0 Å². The second kappa shape index (κ2) is 15.5. The summed E-state index contributed by atoms with van der Waals surface area (Å²) >= 11 is 0. The first-order valence-electron chi connectivity index (χ1n) is 24.3. The fourth-order valence-corrected chi connectivity index (χ4v) is 11.6. The first kappa shape index (κ1) is 39.5. The standard InChI is InChI=1S/C68H41NO2/c1-3-16-42(17-4-1)65-55-24-7-8-25-56(55)66(43-18-5-2-6-19-43)60-39-45(32-37-57(60)65)44-20-13-21-48(38-44)69-61-40-46(49-26-14-28-58-53-22-9-11-30-63(53)70-67(49)58)33-35-51(61)52-36-34-47(41-62(52)69)50-27-15-29-59-54-23-10-12-31-64(54)71-68(50)59/h1-41H. The van der Waals surface area contributed by atoms with E-state index in [2.05, 4.69) is 241 Å². The molecule has 3 heterocycles. The minimum absolute atomic E-state index is 0.892. The highest BCUT2D eigenvalue weighted by molar-refractivity contribution is 6.22. The molecule has 71 heavy (non-hydrogen) atoms. The van der Waals surface area contributed by atoms with Crippen LogP contribution in [0.3, 0.4) is 0 Å². The van der Waals surface area contributed by atoms with Gasteiger partial charge in [-0.25, -0.2) is 0 Å². The lowest BCUT2D eigenvalue weighted by Crippen LogP contribution is -1.95. The van der Waals surface area contributed by atoms with Gasteiger partial charge in [-0.15, -0.1) is 0 Å². The van der Waals surface area contributed by atoms with Crippen LogP contribution in [0.15, 0.2) is 258 Å². The number of benzene rings is 12. The molecule has 0 atom stereocenters. The van der Waals surface area contributed by atoms with E-state index in [9.17, 15) is 0 Å². The van der Waals surface area contributed by atoms with Crippen LogP contribution < -0.4 is 0 Å². The fraction of sp³-hybridized carbons (Fsp3) is 0. The van der Waals surface area contributed by atoms with Crippen molar-refractivity contribution in [2.45, 2.75) is 0 Å². The van der Waals surface area contributed by atoms with E-state index in [4.69, 9.17) is 8.83 Å². The minimum Gasteiger partial charge on any atom is -0.455 e. The lowest BCUT2D eigenvalue weighted by atomic mass is 9.85. The van der Waals surface area contributed by atoms with Crippen LogP contribution in [0, 0.1) is 0 Å². The van der Waals surface area contributed by atoms with Gasteiger partial charge in [0.2, 0.25) is 0 Å². The highest BCUT2D eigenvalue weighted by Crippen LogP contribution is 2.46. The predicted octanol–water partition coefficient (Wildman–Crippen LogP) is 19.2. The van der Waals surface area contributed by atoms with E-state index in [1.165, 1.54) is 54.6 Å². The molecule has 0 amide bonds. The van der Waals surface area contributed by atoms with Gasteiger partial charge in [0.05, 0.1) is 11.0 Å². The van der Waals surface area contributed by atoms with Gasteiger partial charge in [-0.1, -0.05) is 206 Å². The molecule has 0 N–H and O–H groups in total. The van der Waals surface area contributed by atoms with Crippen molar-refractivity contribution in [2.24, 2.45) is 0 Å². The molecule has 0 fully saturated rings. The smallest absolute Gasteiger partial charge is 0.143 e. The number of fused-ring (bicyclic) bond motifs is 11. The number of aromatic nitrogens is 1. The third kappa shape index (κ3) is 6.10. The Hall–Kier alpha value is -9.44. The number of nitrogens with zero attached hydrogens (tertiary/aromatic N) is 1. The molecular formula is C68H41NO2. The van der Waals surface area contributed by atoms with Crippen LogP contribution in [0.5, 0.6) is 0 Å². The average Bonchev–Trinajstić information content (AvgIpc) is 4.12. The van der Waals surface area contributed by atoms with E-state index in [0.29, 0.717) is 0 Å². The highest BCUT2D eigenvalue weighted by Gasteiger charge is 2.21. The Kier molecular flexibility index (Phi) is 8.66. The molecule has 15 rings (SSSR count). The Morgan fingerprint density at radius 3 is 1.21 bits per heavy atom.